The number of rotatable bonds is 6. The predicted molar refractivity (Wildman–Crippen MR) is 73.9 cm³/mol. The lowest BCUT2D eigenvalue weighted by Crippen LogP contribution is -2.33. The average molecular weight is 353 g/mol. The van der Waals surface area contributed by atoms with Gasteiger partial charge in [-0.15, -0.1) is 0 Å². The van der Waals surface area contributed by atoms with Crippen LogP contribution in [0.5, 0.6) is 5.75 Å². The van der Waals surface area contributed by atoms with Crippen LogP contribution in [0.1, 0.15) is 5.56 Å². The van der Waals surface area contributed by atoms with Crippen LogP contribution < -0.4 is 4.74 Å². The summed E-state index contributed by atoms with van der Waals surface area (Å²) in [4.78, 5) is 12.4. The van der Waals surface area contributed by atoms with Gasteiger partial charge in [0, 0.05) is 19.6 Å². The maximum absolute atomic E-state index is 12.9. The molecule has 1 aliphatic heterocycles. The SMILES string of the molecule is O=C(O)[C@@H]1CN(Cc2ccc(OCC(F)F)cc2)C[C@H]1C(F)(F)F. The standard InChI is InChI=1S/C15H16F5NO3/c16-13(17)8-24-10-3-1-9(2-4-10)5-21-6-11(14(22)23)12(7-21)15(18,19)20/h1-4,11-13H,5-8H2,(H,22,23)/t11-,12-/m1/s1. The largest absolute Gasteiger partial charge is 0.488 e. The van der Waals surface area contributed by atoms with E-state index >= 15 is 0 Å². The first-order valence-electron chi connectivity index (χ1n) is 7.18. The summed E-state index contributed by atoms with van der Waals surface area (Å²) >= 11 is 0. The van der Waals surface area contributed by atoms with Crippen molar-refractivity contribution in [2.45, 2.75) is 19.1 Å². The molecule has 4 nitrogen and oxygen atoms in total. The van der Waals surface area contributed by atoms with Gasteiger partial charge in [-0.05, 0) is 17.7 Å². The first-order chi connectivity index (χ1) is 11.2. The zero-order valence-electron chi connectivity index (χ0n) is 12.5. The number of likely N-dealkylation sites (tertiary alicyclic amines) is 1. The molecule has 1 N–H and O–H groups in total. The molecular formula is C15H16F5NO3. The highest BCUT2D eigenvalue weighted by molar-refractivity contribution is 5.71. The Hall–Kier alpha value is -1.90. The van der Waals surface area contributed by atoms with Crippen molar-refractivity contribution in [2.24, 2.45) is 11.8 Å². The normalized spacial score (nSPS) is 22.1. The van der Waals surface area contributed by atoms with E-state index in [2.05, 4.69) is 0 Å². The van der Waals surface area contributed by atoms with E-state index in [0.29, 0.717) is 5.56 Å². The number of halogens is 5. The number of carboxylic acid groups (broad SMARTS) is 1. The number of hydrogen-bond acceptors (Lipinski definition) is 3. The third kappa shape index (κ3) is 4.80. The molecule has 0 aliphatic carbocycles. The van der Waals surface area contributed by atoms with E-state index in [1.807, 2.05) is 0 Å². The zero-order chi connectivity index (χ0) is 17.9. The second kappa shape index (κ2) is 7.33. The highest BCUT2D eigenvalue weighted by Crippen LogP contribution is 2.38. The number of carboxylic acids is 1. The van der Waals surface area contributed by atoms with Gasteiger partial charge in [0.1, 0.15) is 12.4 Å². The Morgan fingerprint density at radius 2 is 1.88 bits per heavy atom. The molecule has 0 spiro atoms. The zero-order valence-corrected chi connectivity index (χ0v) is 12.5. The number of hydrogen-bond donors (Lipinski definition) is 1. The summed E-state index contributed by atoms with van der Waals surface area (Å²) in [5.41, 5.74) is 0.645. The number of ether oxygens (including phenoxy) is 1. The predicted octanol–water partition coefficient (Wildman–Crippen LogP) is 3.03. The summed E-state index contributed by atoms with van der Waals surface area (Å²) < 4.78 is 67.6. The Labute approximate surface area is 134 Å². The molecule has 134 valence electrons. The monoisotopic (exact) mass is 353 g/mol. The fourth-order valence-corrected chi connectivity index (χ4v) is 2.70. The van der Waals surface area contributed by atoms with Crippen LogP contribution in [0.25, 0.3) is 0 Å². The summed E-state index contributed by atoms with van der Waals surface area (Å²) in [5.74, 6) is -4.62. The van der Waals surface area contributed by atoms with Crippen LogP contribution >= 0.6 is 0 Å². The lowest BCUT2D eigenvalue weighted by Gasteiger charge is -2.18. The number of nitrogens with zero attached hydrogens (tertiary/aromatic N) is 1. The van der Waals surface area contributed by atoms with E-state index in [4.69, 9.17) is 9.84 Å². The average Bonchev–Trinajstić information content (AvgIpc) is 2.91. The minimum Gasteiger partial charge on any atom is -0.488 e. The fraction of sp³-hybridized carbons (Fsp3) is 0.533. The van der Waals surface area contributed by atoms with Crippen LogP contribution in [-0.2, 0) is 11.3 Å². The Bertz CT molecular complexity index is 561. The van der Waals surface area contributed by atoms with E-state index in [1.54, 1.807) is 12.1 Å². The molecule has 9 heteroatoms. The van der Waals surface area contributed by atoms with Crippen molar-refractivity contribution >= 4 is 5.97 Å². The van der Waals surface area contributed by atoms with E-state index in [9.17, 15) is 26.7 Å². The first-order valence-corrected chi connectivity index (χ1v) is 7.18. The number of carbonyl (C=O) groups is 1. The molecule has 0 amide bonds. The molecule has 1 saturated heterocycles. The second-order valence-electron chi connectivity index (χ2n) is 5.63. The van der Waals surface area contributed by atoms with E-state index < -0.39 is 37.0 Å². The molecule has 24 heavy (non-hydrogen) atoms. The van der Waals surface area contributed by atoms with Crippen LogP contribution in [0, 0.1) is 11.8 Å². The Kier molecular flexibility index (Phi) is 5.63. The van der Waals surface area contributed by atoms with Crippen molar-refractivity contribution in [2.75, 3.05) is 19.7 Å². The van der Waals surface area contributed by atoms with Crippen molar-refractivity contribution < 1.29 is 36.6 Å². The lowest BCUT2D eigenvalue weighted by molar-refractivity contribution is -0.188. The van der Waals surface area contributed by atoms with Crippen molar-refractivity contribution in [1.29, 1.82) is 0 Å². The van der Waals surface area contributed by atoms with E-state index in [1.165, 1.54) is 17.0 Å². The minimum absolute atomic E-state index is 0.144. The van der Waals surface area contributed by atoms with Crippen molar-refractivity contribution in [1.82, 2.24) is 4.90 Å². The van der Waals surface area contributed by atoms with Crippen molar-refractivity contribution in [3.05, 3.63) is 29.8 Å². The Balaban J connectivity index is 1.97. The highest BCUT2D eigenvalue weighted by Gasteiger charge is 2.52. The van der Waals surface area contributed by atoms with Gasteiger partial charge < -0.3 is 9.84 Å². The molecular weight excluding hydrogens is 337 g/mol. The topological polar surface area (TPSA) is 49.8 Å². The van der Waals surface area contributed by atoms with Crippen LogP contribution in [0.4, 0.5) is 22.0 Å². The number of benzene rings is 1. The fourth-order valence-electron chi connectivity index (χ4n) is 2.70. The van der Waals surface area contributed by atoms with Crippen LogP contribution in [-0.4, -0.2) is 48.3 Å². The van der Waals surface area contributed by atoms with E-state index in [-0.39, 0.29) is 25.4 Å². The summed E-state index contributed by atoms with van der Waals surface area (Å²) in [5, 5.41) is 8.97. The quantitative estimate of drug-likeness (QED) is 0.799. The summed E-state index contributed by atoms with van der Waals surface area (Å²) in [6, 6.07) is 6.00. The van der Waals surface area contributed by atoms with Crippen molar-refractivity contribution in [3.8, 4) is 5.75 Å². The maximum atomic E-state index is 12.9. The molecule has 2 atom stereocenters. The van der Waals surface area contributed by atoms with Crippen LogP contribution in [0.15, 0.2) is 24.3 Å². The molecule has 0 unspecified atom stereocenters. The molecule has 1 aliphatic rings. The molecule has 1 fully saturated rings. The highest BCUT2D eigenvalue weighted by atomic mass is 19.4. The summed E-state index contributed by atoms with van der Waals surface area (Å²) in [6.45, 7) is -1.17. The van der Waals surface area contributed by atoms with Gasteiger partial charge in [-0.3, -0.25) is 9.69 Å². The summed E-state index contributed by atoms with van der Waals surface area (Å²) in [6.07, 6.45) is -7.16. The molecule has 0 saturated carbocycles. The minimum atomic E-state index is -4.56. The van der Waals surface area contributed by atoms with Gasteiger partial charge in [-0.25, -0.2) is 8.78 Å². The summed E-state index contributed by atoms with van der Waals surface area (Å²) in [7, 11) is 0. The number of alkyl halides is 5. The van der Waals surface area contributed by atoms with Gasteiger partial charge in [0.15, 0.2) is 0 Å². The van der Waals surface area contributed by atoms with Crippen molar-refractivity contribution in [3.63, 3.8) is 0 Å². The molecule has 0 radical (unpaired) electrons. The lowest BCUT2D eigenvalue weighted by atomic mass is 9.96. The van der Waals surface area contributed by atoms with Gasteiger partial charge in [-0.2, -0.15) is 13.2 Å². The molecule has 1 aromatic rings. The smallest absolute Gasteiger partial charge is 0.393 e. The van der Waals surface area contributed by atoms with E-state index in [0.717, 1.165) is 0 Å². The van der Waals surface area contributed by atoms with Crippen LogP contribution in [0.3, 0.4) is 0 Å². The van der Waals surface area contributed by atoms with Gasteiger partial charge in [0.25, 0.3) is 6.43 Å². The molecule has 0 bridgehead atoms. The van der Waals surface area contributed by atoms with Gasteiger partial charge in [0.05, 0.1) is 11.8 Å². The molecule has 2 rings (SSSR count). The van der Waals surface area contributed by atoms with Crippen LogP contribution in [0.2, 0.25) is 0 Å². The van der Waals surface area contributed by atoms with Gasteiger partial charge in [-0.1, -0.05) is 12.1 Å². The molecule has 1 aromatic carbocycles. The molecule has 1 heterocycles. The Morgan fingerprint density at radius 1 is 1.25 bits per heavy atom. The number of aliphatic carboxylic acids is 1. The maximum Gasteiger partial charge on any atom is 0.393 e. The third-order valence-corrected chi connectivity index (χ3v) is 3.84. The van der Waals surface area contributed by atoms with Gasteiger partial charge in [0.2, 0.25) is 0 Å². The Morgan fingerprint density at radius 3 is 2.33 bits per heavy atom. The second-order valence-corrected chi connectivity index (χ2v) is 5.63. The third-order valence-electron chi connectivity index (χ3n) is 3.84. The molecule has 0 aromatic heterocycles. The first kappa shape index (κ1) is 18.4. The van der Waals surface area contributed by atoms with Gasteiger partial charge >= 0.3 is 12.1 Å².